The van der Waals surface area contributed by atoms with Crippen LogP contribution < -0.4 is 0 Å². The summed E-state index contributed by atoms with van der Waals surface area (Å²) in [5.74, 6) is 1.22. The number of benzene rings is 1. The molecule has 0 bridgehead atoms. The van der Waals surface area contributed by atoms with Gasteiger partial charge in [0.15, 0.2) is 0 Å². The molecule has 2 aliphatic rings. The van der Waals surface area contributed by atoms with E-state index in [1.165, 1.54) is 12.1 Å². The molecule has 0 spiro atoms. The summed E-state index contributed by atoms with van der Waals surface area (Å²) in [6.07, 6.45) is 13.3. The predicted octanol–water partition coefficient (Wildman–Crippen LogP) is 5.11. The fourth-order valence-corrected chi connectivity index (χ4v) is 3.64. The summed E-state index contributed by atoms with van der Waals surface area (Å²) in [5.41, 5.74) is 2.89. The zero-order valence-electron chi connectivity index (χ0n) is 15.0. The lowest BCUT2D eigenvalue weighted by molar-refractivity contribution is 0.449. The molecule has 4 rings (SSSR count). The molecule has 2 heterocycles. The molecule has 1 aromatic heterocycles. The first-order valence-electron chi connectivity index (χ1n) is 9.32. The number of rotatable bonds is 2. The third kappa shape index (κ3) is 3.90. The highest BCUT2D eigenvalue weighted by Crippen LogP contribution is 2.35. The van der Waals surface area contributed by atoms with E-state index in [1.54, 1.807) is 12.3 Å². The number of halogens is 1. The summed E-state index contributed by atoms with van der Waals surface area (Å²) in [5, 5.41) is 9.08. The normalized spacial score (nSPS) is 19.4. The van der Waals surface area contributed by atoms with Gasteiger partial charge < -0.3 is 4.42 Å². The molecule has 0 N–H and O–H groups in total. The first kappa shape index (κ1) is 17.4. The standard InChI is InChI=1S/C22H20FN3O/c23-18-11-15(14-24)10-17(12-18)16-7-8-21-20(13-16)26-22(27-21)19-6-4-2-1-3-5-9-25-19/h3,5-6,9-12,16H,1-2,4,7-8,13H2. The number of nitriles is 1. The van der Waals surface area contributed by atoms with E-state index in [9.17, 15) is 4.39 Å². The fourth-order valence-electron chi connectivity index (χ4n) is 3.64. The van der Waals surface area contributed by atoms with Crippen LogP contribution in [0, 0.1) is 17.1 Å². The van der Waals surface area contributed by atoms with Gasteiger partial charge in [0.1, 0.15) is 17.3 Å². The summed E-state index contributed by atoms with van der Waals surface area (Å²) in [7, 11) is 0. The van der Waals surface area contributed by atoms with Crippen molar-refractivity contribution in [1.29, 1.82) is 5.26 Å². The van der Waals surface area contributed by atoms with Crippen molar-refractivity contribution in [2.45, 2.75) is 44.4 Å². The third-order valence-corrected chi connectivity index (χ3v) is 5.03. The van der Waals surface area contributed by atoms with Crippen molar-refractivity contribution in [2.75, 3.05) is 0 Å². The number of aromatic nitrogens is 1. The van der Waals surface area contributed by atoms with Crippen LogP contribution in [0.1, 0.15) is 60.1 Å². The van der Waals surface area contributed by atoms with Gasteiger partial charge in [-0.05, 0) is 61.4 Å². The fraction of sp³-hybridized carbons (Fsp3) is 0.318. The molecule has 2 aromatic rings. The number of hydrogen-bond donors (Lipinski definition) is 0. The van der Waals surface area contributed by atoms with Crippen molar-refractivity contribution in [3.05, 3.63) is 70.7 Å². The van der Waals surface area contributed by atoms with Crippen LogP contribution in [0.15, 0.2) is 45.8 Å². The van der Waals surface area contributed by atoms with Crippen LogP contribution in [0.5, 0.6) is 0 Å². The monoisotopic (exact) mass is 361 g/mol. The highest BCUT2D eigenvalue weighted by molar-refractivity contribution is 5.78. The van der Waals surface area contributed by atoms with Gasteiger partial charge in [-0.2, -0.15) is 5.26 Å². The summed E-state index contributed by atoms with van der Waals surface area (Å²) in [6, 6.07) is 6.59. The van der Waals surface area contributed by atoms with Crippen LogP contribution in [0.4, 0.5) is 4.39 Å². The van der Waals surface area contributed by atoms with Gasteiger partial charge in [0.25, 0.3) is 0 Å². The Kier molecular flexibility index (Phi) is 4.97. The van der Waals surface area contributed by atoms with Crippen LogP contribution in [-0.2, 0) is 12.8 Å². The van der Waals surface area contributed by atoms with Gasteiger partial charge in [-0.25, -0.2) is 9.37 Å². The molecule has 5 heteroatoms. The van der Waals surface area contributed by atoms with E-state index in [2.05, 4.69) is 22.1 Å². The molecular formula is C22H20FN3O. The molecule has 0 radical (unpaired) electrons. The van der Waals surface area contributed by atoms with Crippen molar-refractivity contribution in [2.24, 2.45) is 4.99 Å². The number of nitrogens with zero attached hydrogens (tertiary/aromatic N) is 3. The molecule has 0 saturated heterocycles. The van der Waals surface area contributed by atoms with E-state index in [0.29, 0.717) is 17.9 Å². The zero-order chi connectivity index (χ0) is 18.6. The second kappa shape index (κ2) is 7.71. The molecule has 1 atom stereocenters. The largest absolute Gasteiger partial charge is 0.440 e. The van der Waals surface area contributed by atoms with E-state index < -0.39 is 0 Å². The molecule has 0 amide bonds. The van der Waals surface area contributed by atoms with Crippen molar-refractivity contribution in [3.63, 3.8) is 0 Å². The summed E-state index contributed by atoms with van der Waals surface area (Å²) in [4.78, 5) is 9.16. The molecule has 1 aliphatic heterocycles. The van der Waals surface area contributed by atoms with Crippen molar-refractivity contribution in [3.8, 4) is 6.07 Å². The van der Waals surface area contributed by atoms with E-state index in [4.69, 9.17) is 9.68 Å². The molecule has 0 saturated carbocycles. The second-order valence-corrected chi connectivity index (χ2v) is 6.94. The van der Waals surface area contributed by atoms with Gasteiger partial charge in [-0.3, -0.25) is 4.99 Å². The van der Waals surface area contributed by atoms with Gasteiger partial charge in [-0.1, -0.05) is 12.2 Å². The molecule has 1 aliphatic carbocycles. The Morgan fingerprint density at radius 2 is 2.15 bits per heavy atom. The Hall–Kier alpha value is -3.00. The average molecular weight is 361 g/mol. The van der Waals surface area contributed by atoms with Gasteiger partial charge in [0, 0.05) is 19.1 Å². The lowest BCUT2D eigenvalue weighted by Crippen LogP contribution is -2.12. The lowest BCUT2D eigenvalue weighted by atomic mass is 9.84. The Morgan fingerprint density at radius 3 is 3.04 bits per heavy atom. The minimum absolute atomic E-state index is 0.138. The molecule has 27 heavy (non-hydrogen) atoms. The molecule has 4 nitrogen and oxygen atoms in total. The van der Waals surface area contributed by atoms with Crippen LogP contribution in [0.2, 0.25) is 0 Å². The second-order valence-electron chi connectivity index (χ2n) is 6.94. The minimum Gasteiger partial charge on any atom is -0.440 e. The first-order valence-corrected chi connectivity index (χ1v) is 9.32. The maximum absolute atomic E-state index is 13.8. The Morgan fingerprint density at radius 1 is 1.22 bits per heavy atom. The van der Waals surface area contributed by atoms with Gasteiger partial charge in [0.05, 0.1) is 17.3 Å². The Labute approximate surface area is 157 Å². The predicted molar refractivity (Wildman–Crippen MR) is 102 cm³/mol. The topological polar surface area (TPSA) is 62.2 Å². The smallest absolute Gasteiger partial charge is 0.245 e. The van der Waals surface area contributed by atoms with Gasteiger partial charge in [0.2, 0.25) is 5.89 Å². The van der Waals surface area contributed by atoms with E-state index in [0.717, 1.165) is 54.8 Å². The van der Waals surface area contributed by atoms with E-state index in [1.807, 2.05) is 12.1 Å². The maximum atomic E-state index is 13.8. The highest BCUT2D eigenvalue weighted by atomic mass is 19.1. The highest BCUT2D eigenvalue weighted by Gasteiger charge is 2.26. The number of fused-ring (bicyclic) bond motifs is 1. The number of aliphatic imine (C=N–C) groups is 1. The Balaban J connectivity index is 1.59. The number of allylic oxidation sites excluding steroid dienone is 3. The van der Waals surface area contributed by atoms with Crippen molar-refractivity contribution in [1.82, 2.24) is 4.98 Å². The minimum atomic E-state index is -0.367. The zero-order valence-corrected chi connectivity index (χ0v) is 15.0. The summed E-state index contributed by atoms with van der Waals surface area (Å²) < 4.78 is 19.8. The van der Waals surface area contributed by atoms with Gasteiger partial charge in [-0.15, -0.1) is 0 Å². The summed E-state index contributed by atoms with van der Waals surface area (Å²) in [6.45, 7) is 0. The van der Waals surface area contributed by atoms with Crippen LogP contribution in [0.3, 0.4) is 0 Å². The lowest BCUT2D eigenvalue weighted by Gasteiger charge is -2.20. The number of oxazole rings is 1. The third-order valence-electron chi connectivity index (χ3n) is 5.03. The van der Waals surface area contributed by atoms with Crippen molar-refractivity contribution < 1.29 is 8.81 Å². The quantitative estimate of drug-likeness (QED) is 0.747. The van der Waals surface area contributed by atoms with Crippen molar-refractivity contribution >= 4 is 11.9 Å². The molecule has 136 valence electrons. The van der Waals surface area contributed by atoms with Crippen LogP contribution in [-0.4, -0.2) is 11.2 Å². The van der Waals surface area contributed by atoms with Crippen LogP contribution in [0.25, 0.3) is 5.70 Å². The van der Waals surface area contributed by atoms with Gasteiger partial charge >= 0.3 is 0 Å². The Bertz CT molecular complexity index is 978. The SMILES string of the molecule is N#Cc1cc(F)cc(C2CCc3oc(C4=CCCCC=CC=N4)nc3C2)c1. The average Bonchev–Trinajstić information content (AvgIpc) is 3.15. The first-order chi connectivity index (χ1) is 13.2. The maximum Gasteiger partial charge on any atom is 0.245 e. The molecule has 1 aromatic carbocycles. The molecule has 0 fully saturated rings. The number of hydrogen-bond acceptors (Lipinski definition) is 4. The van der Waals surface area contributed by atoms with E-state index >= 15 is 0 Å². The van der Waals surface area contributed by atoms with Crippen LogP contribution >= 0.6 is 0 Å². The molecule has 1 unspecified atom stereocenters. The summed E-state index contributed by atoms with van der Waals surface area (Å²) >= 11 is 0. The molecular weight excluding hydrogens is 341 g/mol. The van der Waals surface area contributed by atoms with E-state index in [-0.39, 0.29) is 11.7 Å². The number of aryl methyl sites for hydroxylation is 1.